The standard InChI is InChI=1S/C9H13N5O/c10-4-1-2-5-13-14-6-3-8(7-11)9(12)15/h8H,1-3,5-6H2,(H2,12,15). The van der Waals surface area contributed by atoms with Gasteiger partial charge in [0.15, 0.2) is 0 Å². The second-order valence-electron chi connectivity index (χ2n) is 2.86. The van der Waals surface area contributed by atoms with Gasteiger partial charge in [-0.25, -0.2) is 0 Å². The molecule has 0 saturated carbocycles. The SMILES string of the molecule is N#CCCCN=NCCC(C#N)C(N)=O. The summed E-state index contributed by atoms with van der Waals surface area (Å²) in [6.07, 6.45) is 1.44. The molecule has 0 bridgehead atoms. The number of nitrogens with zero attached hydrogens (tertiary/aromatic N) is 4. The Kier molecular flexibility index (Phi) is 7.52. The number of unbranched alkanes of at least 4 members (excludes halogenated alkanes) is 1. The van der Waals surface area contributed by atoms with E-state index in [4.69, 9.17) is 16.3 Å². The van der Waals surface area contributed by atoms with Crippen molar-refractivity contribution in [2.75, 3.05) is 13.1 Å². The molecule has 0 aliphatic heterocycles. The molecule has 0 aliphatic rings. The van der Waals surface area contributed by atoms with Gasteiger partial charge in [-0.05, 0) is 12.8 Å². The summed E-state index contributed by atoms with van der Waals surface area (Å²) < 4.78 is 0. The Morgan fingerprint density at radius 2 is 2.00 bits per heavy atom. The van der Waals surface area contributed by atoms with Gasteiger partial charge in [0.1, 0.15) is 5.92 Å². The first-order valence-electron chi connectivity index (χ1n) is 4.61. The smallest absolute Gasteiger partial charge is 0.234 e. The zero-order valence-electron chi connectivity index (χ0n) is 8.39. The highest BCUT2D eigenvalue weighted by Gasteiger charge is 2.12. The predicted molar refractivity (Wildman–Crippen MR) is 52.4 cm³/mol. The van der Waals surface area contributed by atoms with Crippen LogP contribution in [0.3, 0.4) is 0 Å². The summed E-state index contributed by atoms with van der Waals surface area (Å²) in [6, 6.07) is 3.79. The number of hydrogen-bond acceptors (Lipinski definition) is 5. The maximum Gasteiger partial charge on any atom is 0.234 e. The molecule has 0 aromatic heterocycles. The van der Waals surface area contributed by atoms with E-state index < -0.39 is 11.8 Å². The summed E-state index contributed by atoms with van der Waals surface area (Å²) in [5, 5.41) is 24.3. The molecule has 0 fully saturated rings. The van der Waals surface area contributed by atoms with E-state index in [1.54, 1.807) is 6.07 Å². The molecule has 0 aliphatic carbocycles. The first kappa shape index (κ1) is 13.1. The highest BCUT2D eigenvalue weighted by molar-refractivity contribution is 5.79. The number of amides is 1. The van der Waals surface area contributed by atoms with Crippen molar-refractivity contribution in [3.05, 3.63) is 0 Å². The second kappa shape index (κ2) is 8.64. The Morgan fingerprint density at radius 3 is 2.53 bits per heavy atom. The first-order chi connectivity index (χ1) is 7.22. The van der Waals surface area contributed by atoms with Gasteiger partial charge >= 0.3 is 0 Å². The van der Waals surface area contributed by atoms with Gasteiger partial charge in [-0.15, -0.1) is 0 Å². The van der Waals surface area contributed by atoms with Gasteiger partial charge in [0.25, 0.3) is 0 Å². The molecule has 0 spiro atoms. The lowest BCUT2D eigenvalue weighted by atomic mass is 10.1. The zero-order valence-corrected chi connectivity index (χ0v) is 8.39. The molecule has 1 amide bonds. The van der Waals surface area contributed by atoms with Gasteiger partial charge in [-0.1, -0.05) is 0 Å². The van der Waals surface area contributed by atoms with Gasteiger partial charge in [-0.3, -0.25) is 4.79 Å². The van der Waals surface area contributed by atoms with Crippen LogP contribution in [0.5, 0.6) is 0 Å². The van der Waals surface area contributed by atoms with E-state index in [9.17, 15) is 4.79 Å². The maximum absolute atomic E-state index is 10.6. The second-order valence-corrected chi connectivity index (χ2v) is 2.86. The molecule has 15 heavy (non-hydrogen) atoms. The highest BCUT2D eigenvalue weighted by atomic mass is 16.1. The molecule has 0 aromatic carbocycles. The van der Waals surface area contributed by atoms with Crippen molar-refractivity contribution >= 4 is 5.91 Å². The third kappa shape index (κ3) is 7.15. The van der Waals surface area contributed by atoms with Crippen molar-refractivity contribution in [3.63, 3.8) is 0 Å². The number of carbonyl (C=O) groups is 1. The molecule has 0 aromatic rings. The van der Waals surface area contributed by atoms with E-state index in [2.05, 4.69) is 10.2 Å². The molecule has 80 valence electrons. The minimum Gasteiger partial charge on any atom is -0.369 e. The molecule has 0 radical (unpaired) electrons. The number of nitrogens with two attached hydrogens (primary N) is 1. The van der Waals surface area contributed by atoms with Crippen LogP contribution in [-0.4, -0.2) is 19.0 Å². The summed E-state index contributed by atoms with van der Waals surface area (Å²) in [7, 11) is 0. The summed E-state index contributed by atoms with van der Waals surface area (Å²) in [4.78, 5) is 10.6. The molecule has 2 N–H and O–H groups in total. The minimum absolute atomic E-state index is 0.299. The monoisotopic (exact) mass is 207 g/mol. The molecular weight excluding hydrogens is 194 g/mol. The molecule has 0 heterocycles. The van der Waals surface area contributed by atoms with Crippen LogP contribution in [-0.2, 0) is 4.79 Å². The highest BCUT2D eigenvalue weighted by Crippen LogP contribution is 2.00. The minimum atomic E-state index is -0.789. The van der Waals surface area contributed by atoms with Crippen LogP contribution in [0.15, 0.2) is 10.2 Å². The third-order valence-corrected chi connectivity index (χ3v) is 1.66. The van der Waals surface area contributed by atoms with Crippen LogP contribution in [0.2, 0.25) is 0 Å². The topological polar surface area (TPSA) is 115 Å². The van der Waals surface area contributed by atoms with Crippen molar-refractivity contribution < 1.29 is 4.79 Å². The number of carbonyl (C=O) groups excluding carboxylic acids is 1. The summed E-state index contributed by atoms with van der Waals surface area (Å²) >= 11 is 0. The van der Waals surface area contributed by atoms with E-state index in [-0.39, 0.29) is 0 Å². The fraction of sp³-hybridized carbons (Fsp3) is 0.667. The van der Waals surface area contributed by atoms with Crippen molar-refractivity contribution in [1.29, 1.82) is 10.5 Å². The molecule has 0 rings (SSSR count). The van der Waals surface area contributed by atoms with Crippen LogP contribution in [0.1, 0.15) is 19.3 Å². The molecule has 6 nitrogen and oxygen atoms in total. The lowest BCUT2D eigenvalue weighted by Crippen LogP contribution is -2.22. The zero-order chi connectivity index (χ0) is 11.5. The van der Waals surface area contributed by atoms with Crippen molar-refractivity contribution in [2.24, 2.45) is 21.9 Å². The summed E-state index contributed by atoms with van der Waals surface area (Å²) in [5.41, 5.74) is 4.96. The summed E-state index contributed by atoms with van der Waals surface area (Å²) in [6.45, 7) is 0.815. The van der Waals surface area contributed by atoms with Gasteiger partial charge in [0, 0.05) is 6.42 Å². The Balaban J connectivity index is 3.57. The lowest BCUT2D eigenvalue weighted by molar-refractivity contribution is -0.120. The van der Waals surface area contributed by atoms with Crippen molar-refractivity contribution in [2.45, 2.75) is 19.3 Å². The first-order valence-corrected chi connectivity index (χ1v) is 4.61. The van der Waals surface area contributed by atoms with E-state index in [1.807, 2.05) is 6.07 Å². The van der Waals surface area contributed by atoms with E-state index >= 15 is 0 Å². The van der Waals surface area contributed by atoms with Crippen LogP contribution in [0, 0.1) is 28.6 Å². The van der Waals surface area contributed by atoms with Gasteiger partial charge in [0.2, 0.25) is 5.91 Å². The average molecular weight is 207 g/mol. The largest absolute Gasteiger partial charge is 0.369 e. The third-order valence-electron chi connectivity index (χ3n) is 1.66. The molecular formula is C9H13N5O. The van der Waals surface area contributed by atoms with E-state index in [1.165, 1.54) is 0 Å². The summed E-state index contributed by atoms with van der Waals surface area (Å²) in [5.74, 6) is -1.42. The van der Waals surface area contributed by atoms with E-state index in [0.717, 1.165) is 0 Å². The normalized spacial score (nSPS) is 11.9. The fourth-order valence-corrected chi connectivity index (χ4v) is 0.828. The quantitative estimate of drug-likeness (QED) is 0.490. The fourth-order valence-electron chi connectivity index (χ4n) is 0.828. The molecule has 6 heteroatoms. The number of rotatable bonds is 7. The number of hydrogen-bond donors (Lipinski definition) is 1. The van der Waals surface area contributed by atoms with Crippen molar-refractivity contribution in [1.82, 2.24) is 0 Å². The Bertz CT molecular complexity index is 299. The number of azo groups is 1. The Morgan fingerprint density at radius 1 is 1.33 bits per heavy atom. The van der Waals surface area contributed by atoms with Crippen LogP contribution in [0.25, 0.3) is 0 Å². The molecule has 1 atom stereocenters. The average Bonchev–Trinajstić information content (AvgIpc) is 2.21. The molecule has 1 unspecified atom stereocenters. The Labute approximate surface area is 88.4 Å². The van der Waals surface area contributed by atoms with Gasteiger partial charge in [0.05, 0.1) is 25.2 Å². The molecule has 0 saturated heterocycles. The number of primary amides is 1. The lowest BCUT2D eigenvalue weighted by Gasteiger charge is -1.99. The van der Waals surface area contributed by atoms with Crippen LogP contribution >= 0.6 is 0 Å². The van der Waals surface area contributed by atoms with Crippen LogP contribution in [0.4, 0.5) is 0 Å². The van der Waals surface area contributed by atoms with Crippen molar-refractivity contribution in [3.8, 4) is 12.1 Å². The Hall–Kier alpha value is -1.95. The van der Waals surface area contributed by atoms with Crippen LogP contribution < -0.4 is 5.73 Å². The van der Waals surface area contributed by atoms with Gasteiger partial charge in [-0.2, -0.15) is 20.8 Å². The van der Waals surface area contributed by atoms with E-state index in [0.29, 0.717) is 32.4 Å². The number of nitriles is 2. The predicted octanol–water partition coefficient (Wildman–Crippen LogP) is 0.758. The van der Waals surface area contributed by atoms with Gasteiger partial charge < -0.3 is 5.73 Å². The maximum atomic E-state index is 10.6.